The number of amides is 1. The van der Waals surface area contributed by atoms with Gasteiger partial charge >= 0.3 is 0 Å². The summed E-state index contributed by atoms with van der Waals surface area (Å²) in [7, 11) is 1.70. The Labute approximate surface area is 154 Å². The molecule has 25 heavy (non-hydrogen) atoms. The second-order valence-corrected chi connectivity index (χ2v) is 7.04. The van der Waals surface area contributed by atoms with Crippen LogP contribution in [0.3, 0.4) is 0 Å². The van der Waals surface area contributed by atoms with Gasteiger partial charge in [0, 0.05) is 57.2 Å². The Kier molecular flexibility index (Phi) is 7.41. The lowest BCUT2D eigenvalue weighted by Gasteiger charge is -2.44. The van der Waals surface area contributed by atoms with Gasteiger partial charge in [0.25, 0.3) is 0 Å². The highest BCUT2D eigenvalue weighted by molar-refractivity contribution is 6.34. The van der Waals surface area contributed by atoms with Crippen LogP contribution in [0.1, 0.15) is 37.0 Å². The predicted octanol–water partition coefficient (Wildman–Crippen LogP) is 2.87. The van der Waals surface area contributed by atoms with Crippen LogP contribution in [-0.4, -0.2) is 66.9 Å². The maximum atomic E-state index is 12.5. The van der Waals surface area contributed by atoms with E-state index in [4.69, 9.17) is 16.3 Å². The van der Waals surface area contributed by atoms with Gasteiger partial charge in [-0.25, -0.2) is 0 Å². The molecule has 2 atom stereocenters. The van der Waals surface area contributed by atoms with Crippen LogP contribution < -0.4 is 0 Å². The zero-order chi connectivity index (χ0) is 18.4. The smallest absolute Gasteiger partial charge is 0.223 e. The Morgan fingerprint density at radius 2 is 1.80 bits per heavy atom. The molecule has 1 aromatic carbocycles. The van der Waals surface area contributed by atoms with Crippen molar-refractivity contribution in [3.8, 4) is 0 Å². The molecule has 1 aromatic rings. The van der Waals surface area contributed by atoms with Crippen molar-refractivity contribution in [1.29, 1.82) is 0 Å². The van der Waals surface area contributed by atoms with Gasteiger partial charge in [0.15, 0.2) is 5.78 Å². The number of ketones is 1. The fourth-order valence-electron chi connectivity index (χ4n) is 3.40. The number of carbonyl (C=O) groups is 2. The molecule has 6 heteroatoms. The van der Waals surface area contributed by atoms with Gasteiger partial charge in [-0.1, -0.05) is 23.7 Å². The molecule has 138 valence electrons. The first-order valence-corrected chi connectivity index (χ1v) is 9.12. The number of methoxy groups -OCH3 is 1. The number of hydrogen-bond acceptors (Lipinski definition) is 4. The molecular weight excluding hydrogens is 340 g/mol. The van der Waals surface area contributed by atoms with Gasteiger partial charge in [-0.15, -0.1) is 0 Å². The van der Waals surface area contributed by atoms with E-state index in [9.17, 15) is 9.59 Å². The van der Waals surface area contributed by atoms with E-state index in [1.54, 1.807) is 31.4 Å². The van der Waals surface area contributed by atoms with Gasteiger partial charge < -0.3 is 9.64 Å². The number of Topliss-reactive ketones (excluding diaryl/α,β-unsaturated/α-hetero) is 1. The van der Waals surface area contributed by atoms with Crippen molar-refractivity contribution in [3.63, 3.8) is 0 Å². The molecule has 0 saturated carbocycles. The standard InChI is InChI=1S/C19H27ClN2O3/c1-14-12-21(13-15(2)22(14)10-11-25-3)19(24)9-8-18(23)16-6-4-5-7-17(16)20/h4-7,14-15H,8-13H2,1-3H3. The van der Waals surface area contributed by atoms with Crippen molar-refractivity contribution < 1.29 is 14.3 Å². The number of hydrogen-bond donors (Lipinski definition) is 0. The van der Waals surface area contributed by atoms with Crippen molar-refractivity contribution in [2.24, 2.45) is 0 Å². The van der Waals surface area contributed by atoms with Crippen LogP contribution in [-0.2, 0) is 9.53 Å². The number of nitrogens with zero attached hydrogens (tertiary/aromatic N) is 2. The summed E-state index contributed by atoms with van der Waals surface area (Å²) in [4.78, 5) is 29.0. The molecule has 2 unspecified atom stereocenters. The highest BCUT2D eigenvalue weighted by atomic mass is 35.5. The molecular formula is C19H27ClN2O3. The molecule has 0 aromatic heterocycles. The van der Waals surface area contributed by atoms with Crippen LogP contribution >= 0.6 is 11.6 Å². The zero-order valence-corrected chi connectivity index (χ0v) is 16.0. The molecule has 1 amide bonds. The normalized spacial score (nSPS) is 21.4. The lowest BCUT2D eigenvalue weighted by atomic mass is 10.0. The highest BCUT2D eigenvalue weighted by Gasteiger charge is 2.31. The van der Waals surface area contributed by atoms with Gasteiger partial charge in [-0.3, -0.25) is 14.5 Å². The summed E-state index contributed by atoms with van der Waals surface area (Å²) in [5.74, 6) is -0.0516. The fourth-order valence-corrected chi connectivity index (χ4v) is 3.64. The van der Waals surface area contributed by atoms with E-state index in [0.717, 1.165) is 6.54 Å². The van der Waals surface area contributed by atoms with Gasteiger partial charge in [0.2, 0.25) is 5.91 Å². The van der Waals surface area contributed by atoms with Gasteiger partial charge in [0.1, 0.15) is 0 Å². The van der Waals surface area contributed by atoms with Crippen molar-refractivity contribution in [2.45, 2.75) is 38.8 Å². The van der Waals surface area contributed by atoms with Crippen LogP contribution in [0.4, 0.5) is 0 Å². The molecule has 0 bridgehead atoms. The molecule has 1 saturated heterocycles. The Morgan fingerprint density at radius 3 is 2.40 bits per heavy atom. The van der Waals surface area contributed by atoms with E-state index in [1.807, 2.05) is 4.90 Å². The average Bonchev–Trinajstić information content (AvgIpc) is 2.59. The van der Waals surface area contributed by atoms with Crippen molar-refractivity contribution in [2.75, 3.05) is 33.4 Å². The van der Waals surface area contributed by atoms with Crippen molar-refractivity contribution in [1.82, 2.24) is 9.80 Å². The third kappa shape index (κ3) is 5.27. The minimum atomic E-state index is -0.0845. The second-order valence-electron chi connectivity index (χ2n) is 6.63. The first-order chi connectivity index (χ1) is 11.9. The van der Waals surface area contributed by atoms with Gasteiger partial charge in [0.05, 0.1) is 11.6 Å². The predicted molar refractivity (Wildman–Crippen MR) is 99.1 cm³/mol. The summed E-state index contributed by atoms with van der Waals surface area (Å²) in [5.41, 5.74) is 0.489. The van der Waals surface area contributed by atoms with E-state index >= 15 is 0 Å². The molecule has 0 N–H and O–H groups in total. The summed E-state index contributed by atoms with van der Waals surface area (Å²) in [6, 6.07) is 7.52. The number of rotatable bonds is 7. The molecule has 5 nitrogen and oxygen atoms in total. The summed E-state index contributed by atoms with van der Waals surface area (Å²) in [6.07, 6.45) is 0.413. The largest absolute Gasteiger partial charge is 0.383 e. The first kappa shape index (κ1) is 19.9. The third-order valence-electron chi connectivity index (χ3n) is 4.75. The van der Waals surface area contributed by atoms with Gasteiger partial charge in [-0.05, 0) is 26.0 Å². The Balaban J connectivity index is 1.87. The lowest BCUT2D eigenvalue weighted by Crippen LogP contribution is -2.58. The number of carbonyl (C=O) groups excluding carboxylic acids is 2. The van der Waals surface area contributed by atoms with E-state index in [0.29, 0.717) is 30.3 Å². The van der Waals surface area contributed by atoms with E-state index in [1.165, 1.54) is 0 Å². The third-order valence-corrected chi connectivity index (χ3v) is 5.08. The van der Waals surface area contributed by atoms with E-state index < -0.39 is 0 Å². The van der Waals surface area contributed by atoms with Crippen LogP contribution in [0, 0.1) is 0 Å². The summed E-state index contributed by atoms with van der Waals surface area (Å²) in [6.45, 7) is 7.18. The topological polar surface area (TPSA) is 49.9 Å². The Hall–Kier alpha value is -1.43. The maximum Gasteiger partial charge on any atom is 0.223 e. The zero-order valence-electron chi connectivity index (χ0n) is 15.2. The minimum absolute atomic E-state index is 0.0329. The molecule has 1 heterocycles. The number of ether oxygens (including phenoxy) is 1. The quantitative estimate of drug-likeness (QED) is 0.696. The summed E-state index contributed by atoms with van der Waals surface area (Å²) in [5, 5.41) is 0.439. The number of piperazine rings is 1. The van der Waals surface area contributed by atoms with Crippen LogP contribution in [0.2, 0.25) is 5.02 Å². The van der Waals surface area contributed by atoms with Crippen LogP contribution in [0.15, 0.2) is 24.3 Å². The second kappa shape index (κ2) is 9.32. The minimum Gasteiger partial charge on any atom is -0.383 e. The molecule has 1 fully saturated rings. The monoisotopic (exact) mass is 366 g/mol. The highest BCUT2D eigenvalue weighted by Crippen LogP contribution is 2.19. The first-order valence-electron chi connectivity index (χ1n) is 8.74. The molecule has 0 spiro atoms. The summed E-state index contributed by atoms with van der Waals surface area (Å²) < 4.78 is 5.16. The Bertz CT molecular complexity index is 596. The van der Waals surface area contributed by atoms with Crippen LogP contribution in [0.25, 0.3) is 0 Å². The number of halogens is 1. The SMILES string of the molecule is COCCN1C(C)CN(C(=O)CCC(=O)c2ccccc2Cl)CC1C. The van der Waals surface area contributed by atoms with Crippen molar-refractivity contribution in [3.05, 3.63) is 34.9 Å². The fraction of sp³-hybridized carbons (Fsp3) is 0.579. The van der Waals surface area contributed by atoms with E-state index in [2.05, 4.69) is 18.7 Å². The molecule has 1 aliphatic rings. The van der Waals surface area contributed by atoms with Gasteiger partial charge in [-0.2, -0.15) is 0 Å². The number of benzene rings is 1. The van der Waals surface area contributed by atoms with Crippen LogP contribution in [0.5, 0.6) is 0 Å². The average molecular weight is 367 g/mol. The lowest BCUT2D eigenvalue weighted by molar-refractivity contribution is -0.135. The van der Waals surface area contributed by atoms with Crippen molar-refractivity contribution >= 4 is 23.3 Å². The molecule has 0 aliphatic carbocycles. The molecule has 2 rings (SSSR count). The summed E-state index contributed by atoms with van der Waals surface area (Å²) >= 11 is 6.05. The molecule has 0 radical (unpaired) electrons. The Morgan fingerprint density at radius 1 is 1.16 bits per heavy atom. The maximum absolute atomic E-state index is 12.5. The molecule has 1 aliphatic heterocycles. The van der Waals surface area contributed by atoms with E-state index in [-0.39, 0.29) is 36.6 Å².